The predicted octanol–water partition coefficient (Wildman–Crippen LogP) is -0.105. The number of aromatic amines is 1. The largest absolute Gasteiger partial charge is 0.379 e. The van der Waals surface area contributed by atoms with Gasteiger partial charge in [0.1, 0.15) is 6.61 Å². The van der Waals surface area contributed by atoms with Crippen LogP contribution in [-0.4, -0.2) is 39.9 Å². The van der Waals surface area contributed by atoms with Crippen LogP contribution in [-0.2, 0) is 16.1 Å². The fourth-order valence-corrected chi connectivity index (χ4v) is 1.28. The van der Waals surface area contributed by atoms with E-state index < -0.39 is 0 Å². The number of hydrogen-bond donors (Lipinski definition) is 1. The van der Waals surface area contributed by atoms with E-state index in [-0.39, 0.29) is 6.10 Å². The van der Waals surface area contributed by atoms with E-state index in [0.29, 0.717) is 19.0 Å². The summed E-state index contributed by atoms with van der Waals surface area (Å²) in [7, 11) is 0. The van der Waals surface area contributed by atoms with Crippen molar-refractivity contribution in [3.63, 3.8) is 0 Å². The van der Waals surface area contributed by atoms with Crippen molar-refractivity contribution in [2.45, 2.75) is 25.6 Å². The zero-order valence-corrected chi connectivity index (χ0v) is 7.27. The third kappa shape index (κ3) is 2.46. The smallest absolute Gasteiger partial charge is 0.200 e. The van der Waals surface area contributed by atoms with Crippen molar-refractivity contribution < 1.29 is 9.47 Å². The monoisotopic (exact) mass is 184 g/mol. The lowest BCUT2D eigenvalue weighted by Gasteiger charge is -2.21. The summed E-state index contributed by atoms with van der Waals surface area (Å²) < 4.78 is 10.8. The van der Waals surface area contributed by atoms with E-state index in [1.54, 1.807) is 0 Å². The van der Waals surface area contributed by atoms with E-state index in [4.69, 9.17) is 9.47 Å². The van der Waals surface area contributed by atoms with E-state index in [2.05, 4.69) is 20.6 Å². The number of ether oxygens (including phenoxy) is 2. The second kappa shape index (κ2) is 4.29. The lowest BCUT2D eigenvalue weighted by Crippen LogP contribution is -2.25. The Balaban J connectivity index is 1.72. The van der Waals surface area contributed by atoms with Gasteiger partial charge in [-0.25, -0.2) is 0 Å². The predicted molar refractivity (Wildman–Crippen MR) is 42.8 cm³/mol. The van der Waals surface area contributed by atoms with Crippen LogP contribution in [0.15, 0.2) is 0 Å². The van der Waals surface area contributed by atoms with Crippen LogP contribution in [0.3, 0.4) is 0 Å². The van der Waals surface area contributed by atoms with Gasteiger partial charge in [0.15, 0.2) is 5.82 Å². The first-order valence-corrected chi connectivity index (χ1v) is 4.37. The Hall–Kier alpha value is -1.01. The standard InChI is InChI=1S/C7H12N4O2/c1-2-6(4-12-3-1)13-5-7-8-10-11-9-7/h6H,1-5H2,(H,8,9,10,11). The number of H-pyrrole nitrogens is 1. The molecular formula is C7H12N4O2. The Morgan fingerprint density at radius 1 is 1.62 bits per heavy atom. The fraction of sp³-hybridized carbons (Fsp3) is 0.857. The molecule has 1 aromatic heterocycles. The first-order valence-electron chi connectivity index (χ1n) is 4.37. The molecule has 1 aliphatic rings. The van der Waals surface area contributed by atoms with Crippen molar-refractivity contribution in [1.82, 2.24) is 20.6 Å². The molecule has 1 saturated heterocycles. The van der Waals surface area contributed by atoms with Gasteiger partial charge in [0.25, 0.3) is 0 Å². The zero-order chi connectivity index (χ0) is 8.93. The van der Waals surface area contributed by atoms with Crippen molar-refractivity contribution in [3.8, 4) is 0 Å². The first kappa shape index (κ1) is 8.58. The lowest BCUT2D eigenvalue weighted by atomic mass is 10.2. The fourth-order valence-electron chi connectivity index (χ4n) is 1.28. The molecule has 0 amide bonds. The summed E-state index contributed by atoms with van der Waals surface area (Å²) in [6, 6.07) is 0. The molecule has 2 heterocycles. The van der Waals surface area contributed by atoms with E-state index in [9.17, 15) is 0 Å². The highest BCUT2D eigenvalue weighted by molar-refractivity contribution is 4.72. The van der Waals surface area contributed by atoms with Crippen molar-refractivity contribution in [3.05, 3.63) is 5.82 Å². The van der Waals surface area contributed by atoms with Gasteiger partial charge in [-0.3, -0.25) is 0 Å². The summed E-state index contributed by atoms with van der Waals surface area (Å²) in [6.45, 7) is 1.93. The SMILES string of the molecule is C1COCC(OCc2nn[nH]n2)C1. The second-order valence-corrected chi connectivity index (χ2v) is 2.98. The molecule has 72 valence electrons. The van der Waals surface area contributed by atoms with Crippen LogP contribution in [0.25, 0.3) is 0 Å². The van der Waals surface area contributed by atoms with Crippen LogP contribution in [0, 0.1) is 0 Å². The van der Waals surface area contributed by atoms with Crippen LogP contribution >= 0.6 is 0 Å². The maximum Gasteiger partial charge on any atom is 0.200 e. The molecule has 1 N–H and O–H groups in total. The Morgan fingerprint density at radius 3 is 3.31 bits per heavy atom. The summed E-state index contributed by atoms with van der Waals surface area (Å²) in [5, 5.41) is 13.4. The minimum Gasteiger partial charge on any atom is -0.379 e. The quantitative estimate of drug-likeness (QED) is 0.709. The molecule has 13 heavy (non-hydrogen) atoms. The first-order chi connectivity index (χ1) is 6.45. The van der Waals surface area contributed by atoms with E-state index >= 15 is 0 Å². The molecule has 1 aliphatic heterocycles. The van der Waals surface area contributed by atoms with Crippen LogP contribution in [0.2, 0.25) is 0 Å². The number of nitrogens with one attached hydrogen (secondary N) is 1. The molecule has 0 spiro atoms. The third-order valence-corrected chi connectivity index (χ3v) is 1.96. The average molecular weight is 184 g/mol. The van der Waals surface area contributed by atoms with Crippen molar-refractivity contribution in [1.29, 1.82) is 0 Å². The average Bonchev–Trinajstić information content (AvgIpc) is 2.69. The molecule has 6 nitrogen and oxygen atoms in total. The summed E-state index contributed by atoms with van der Waals surface area (Å²) >= 11 is 0. The highest BCUT2D eigenvalue weighted by Gasteiger charge is 2.14. The minimum absolute atomic E-state index is 0.187. The van der Waals surface area contributed by atoms with Crippen molar-refractivity contribution in [2.24, 2.45) is 0 Å². The van der Waals surface area contributed by atoms with Gasteiger partial charge in [0.2, 0.25) is 0 Å². The lowest BCUT2D eigenvalue weighted by molar-refractivity contribution is -0.0585. The molecule has 0 radical (unpaired) electrons. The van der Waals surface area contributed by atoms with E-state index in [0.717, 1.165) is 19.4 Å². The molecular weight excluding hydrogens is 172 g/mol. The summed E-state index contributed by atoms with van der Waals surface area (Å²) in [5.41, 5.74) is 0. The molecule has 6 heteroatoms. The van der Waals surface area contributed by atoms with Gasteiger partial charge in [-0.15, -0.1) is 10.2 Å². The van der Waals surface area contributed by atoms with Crippen molar-refractivity contribution >= 4 is 0 Å². The van der Waals surface area contributed by atoms with Crippen LogP contribution in [0.5, 0.6) is 0 Å². The normalized spacial score (nSPS) is 23.2. The highest BCUT2D eigenvalue weighted by Crippen LogP contribution is 2.10. The topological polar surface area (TPSA) is 72.9 Å². The van der Waals surface area contributed by atoms with Gasteiger partial charge in [-0.2, -0.15) is 5.21 Å². The molecule has 1 fully saturated rings. The second-order valence-electron chi connectivity index (χ2n) is 2.98. The van der Waals surface area contributed by atoms with E-state index in [1.165, 1.54) is 0 Å². The maximum absolute atomic E-state index is 5.52. The minimum atomic E-state index is 0.187. The highest BCUT2D eigenvalue weighted by atomic mass is 16.5. The number of rotatable bonds is 3. The van der Waals surface area contributed by atoms with Gasteiger partial charge in [-0.05, 0) is 12.8 Å². The Kier molecular flexibility index (Phi) is 2.83. The third-order valence-electron chi connectivity index (χ3n) is 1.96. The maximum atomic E-state index is 5.52. The van der Waals surface area contributed by atoms with Gasteiger partial charge >= 0.3 is 0 Å². The Morgan fingerprint density at radius 2 is 2.62 bits per heavy atom. The number of aromatic nitrogens is 4. The molecule has 0 aromatic carbocycles. The molecule has 2 rings (SSSR count). The van der Waals surface area contributed by atoms with Gasteiger partial charge in [0, 0.05) is 6.61 Å². The van der Waals surface area contributed by atoms with Crippen LogP contribution in [0.1, 0.15) is 18.7 Å². The molecule has 1 aromatic rings. The number of hydrogen-bond acceptors (Lipinski definition) is 5. The molecule has 1 atom stereocenters. The number of tetrazole rings is 1. The Labute approximate surface area is 75.6 Å². The summed E-state index contributed by atoms with van der Waals surface area (Å²) in [6.07, 6.45) is 2.31. The van der Waals surface area contributed by atoms with E-state index in [1.807, 2.05) is 0 Å². The molecule has 0 saturated carbocycles. The summed E-state index contributed by atoms with van der Waals surface area (Å²) in [5.74, 6) is 0.588. The Bertz CT molecular complexity index is 233. The van der Waals surface area contributed by atoms with Gasteiger partial charge in [0.05, 0.1) is 12.7 Å². The molecule has 0 bridgehead atoms. The zero-order valence-electron chi connectivity index (χ0n) is 7.27. The number of nitrogens with zero attached hydrogens (tertiary/aromatic N) is 3. The van der Waals surface area contributed by atoms with Crippen molar-refractivity contribution in [2.75, 3.05) is 13.2 Å². The van der Waals surface area contributed by atoms with Gasteiger partial charge in [-0.1, -0.05) is 5.21 Å². The molecule has 1 unspecified atom stereocenters. The van der Waals surface area contributed by atoms with Gasteiger partial charge < -0.3 is 9.47 Å². The van der Waals surface area contributed by atoms with Crippen LogP contribution < -0.4 is 0 Å². The van der Waals surface area contributed by atoms with Crippen LogP contribution in [0.4, 0.5) is 0 Å². The molecule has 0 aliphatic carbocycles. The summed E-state index contributed by atoms with van der Waals surface area (Å²) in [4.78, 5) is 0.